The molecule has 0 aliphatic heterocycles. The number of aryl methyl sites for hydroxylation is 1. The molecule has 0 spiro atoms. The molecule has 0 saturated heterocycles. The molecule has 0 aliphatic carbocycles. The Morgan fingerprint density at radius 1 is 1.05 bits per heavy atom. The molecule has 100 valence electrons. The van der Waals surface area contributed by atoms with E-state index < -0.39 is 0 Å². The van der Waals surface area contributed by atoms with Gasteiger partial charge in [0.1, 0.15) is 0 Å². The van der Waals surface area contributed by atoms with Gasteiger partial charge in [0, 0.05) is 16.8 Å². The van der Waals surface area contributed by atoms with Crippen molar-refractivity contribution in [3.63, 3.8) is 0 Å². The highest BCUT2D eigenvalue weighted by atomic mass is 35.5. The molecule has 19 heavy (non-hydrogen) atoms. The molecule has 2 heteroatoms. The van der Waals surface area contributed by atoms with Gasteiger partial charge in [-0.25, -0.2) is 0 Å². The van der Waals surface area contributed by atoms with Gasteiger partial charge in [-0.05, 0) is 49.1 Å². The van der Waals surface area contributed by atoms with E-state index in [1.165, 1.54) is 16.8 Å². The Morgan fingerprint density at radius 3 is 2.42 bits per heavy atom. The number of halogens is 1. The summed E-state index contributed by atoms with van der Waals surface area (Å²) in [5, 5.41) is 4.38. The second-order valence-electron chi connectivity index (χ2n) is 4.89. The maximum atomic E-state index is 5.90. The maximum Gasteiger partial charge on any atom is 0.0406 e. The Kier molecular flexibility index (Phi) is 4.86. The van der Waals surface area contributed by atoms with Crippen molar-refractivity contribution >= 4 is 17.3 Å². The van der Waals surface area contributed by atoms with Gasteiger partial charge in [0.2, 0.25) is 0 Å². The number of para-hydroxylation sites is 1. The SMILES string of the molecule is CCc1ccccc1NC(C)Cc1ccc(Cl)cc1. The van der Waals surface area contributed by atoms with E-state index in [-0.39, 0.29) is 0 Å². The predicted molar refractivity (Wildman–Crippen MR) is 84.1 cm³/mol. The summed E-state index contributed by atoms with van der Waals surface area (Å²) in [6.07, 6.45) is 2.05. The Morgan fingerprint density at radius 2 is 1.74 bits per heavy atom. The van der Waals surface area contributed by atoms with Gasteiger partial charge in [-0.3, -0.25) is 0 Å². The summed E-state index contributed by atoms with van der Waals surface area (Å²) in [6, 6.07) is 17.0. The highest BCUT2D eigenvalue weighted by Gasteiger charge is 2.06. The van der Waals surface area contributed by atoms with Gasteiger partial charge in [0.25, 0.3) is 0 Å². The van der Waals surface area contributed by atoms with E-state index in [9.17, 15) is 0 Å². The van der Waals surface area contributed by atoms with Crippen LogP contribution in [0.1, 0.15) is 25.0 Å². The normalized spacial score (nSPS) is 12.2. The molecule has 1 atom stereocenters. The number of rotatable bonds is 5. The average molecular weight is 274 g/mol. The summed E-state index contributed by atoms with van der Waals surface area (Å²) in [5.41, 5.74) is 3.91. The van der Waals surface area contributed by atoms with Crippen LogP contribution in [0.4, 0.5) is 5.69 Å². The first kappa shape index (κ1) is 14.0. The van der Waals surface area contributed by atoms with Crippen molar-refractivity contribution in [2.45, 2.75) is 32.7 Å². The quantitative estimate of drug-likeness (QED) is 0.813. The van der Waals surface area contributed by atoms with Crippen molar-refractivity contribution in [3.05, 3.63) is 64.7 Å². The van der Waals surface area contributed by atoms with Crippen LogP contribution in [-0.2, 0) is 12.8 Å². The van der Waals surface area contributed by atoms with E-state index in [0.717, 1.165) is 17.9 Å². The van der Waals surface area contributed by atoms with E-state index in [4.69, 9.17) is 11.6 Å². The zero-order valence-corrected chi connectivity index (χ0v) is 12.2. The van der Waals surface area contributed by atoms with Crippen LogP contribution < -0.4 is 5.32 Å². The van der Waals surface area contributed by atoms with E-state index in [1.54, 1.807) is 0 Å². The molecule has 0 amide bonds. The van der Waals surface area contributed by atoms with Gasteiger partial charge < -0.3 is 5.32 Å². The smallest absolute Gasteiger partial charge is 0.0406 e. The maximum absolute atomic E-state index is 5.90. The Labute approximate surface area is 120 Å². The summed E-state index contributed by atoms with van der Waals surface area (Å²) in [4.78, 5) is 0. The first-order valence-corrected chi connectivity index (χ1v) is 7.15. The molecule has 0 bridgehead atoms. The van der Waals surface area contributed by atoms with Crippen molar-refractivity contribution in [3.8, 4) is 0 Å². The lowest BCUT2D eigenvalue weighted by Crippen LogP contribution is -2.18. The van der Waals surface area contributed by atoms with Crippen molar-refractivity contribution in [2.75, 3.05) is 5.32 Å². The zero-order valence-electron chi connectivity index (χ0n) is 11.5. The molecule has 0 aromatic heterocycles. The lowest BCUT2D eigenvalue weighted by atomic mass is 10.1. The molecule has 0 radical (unpaired) electrons. The average Bonchev–Trinajstić information content (AvgIpc) is 2.42. The van der Waals surface area contributed by atoms with Gasteiger partial charge in [-0.15, -0.1) is 0 Å². The van der Waals surface area contributed by atoms with Crippen molar-refractivity contribution in [1.82, 2.24) is 0 Å². The monoisotopic (exact) mass is 273 g/mol. The van der Waals surface area contributed by atoms with Gasteiger partial charge in [0.05, 0.1) is 0 Å². The van der Waals surface area contributed by atoms with Crippen LogP contribution in [0.5, 0.6) is 0 Å². The minimum Gasteiger partial charge on any atom is -0.382 e. The number of benzene rings is 2. The third kappa shape index (κ3) is 4.00. The lowest BCUT2D eigenvalue weighted by molar-refractivity contribution is 0.788. The van der Waals surface area contributed by atoms with Crippen molar-refractivity contribution in [1.29, 1.82) is 0 Å². The third-order valence-electron chi connectivity index (χ3n) is 3.26. The molecular formula is C17H20ClN. The Balaban J connectivity index is 2.01. The predicted octanol–water partition coefficient (Wildman–Crippen LogP) is 4.95. The summed E-state index contributed by atoms with van der Waals surface area (Å²) in [6.45, 7) is 4.39. The Hall–Kier alpha value is -1.47. The van der Waals surface area contributed by atoms with Crippen LogP contribution in [0.3, 0.4) is 0 Å². The molecule has 0 heterocycles. The fraction of sp³-hybridized carbons (Fsp3) is 0.294. The van der Waals surface area contributed by atoms with Crippen LogP contribution in [0.15, 0.2) is 48.5 Å². The lowest BCUT2D eigenvalue weighted by Gasteiger charge is -2.18. The van der Waals surface area contributed by atoms with Crippen LogP contribution in [-0.4, -0.2) is 6.04 Å². The molecule has 0 aliphatic rings. The van der Waals surface area contributed by atoms with Crippen LogP contribution in [0, 0.1) is 0 Å². The van der Waals surface area contributed by atoms with Crippen LogP contribution in [0.25, 0.3) is 0 Å². The molecular weight excluding hydrogens is 254 g/mol. The summed E-state index contributed by atoms with van der Waals surface area (Å²) >= 11 is 5.90. The molecule has 1 unspecified atom stereocenters. The highest BCUT2D eigenvalue weighted by Crippen LogP contribution is 2.18. The minimum absolute atomic E-state index is 0.397. The van der Waals surface area contributed by atoms with Gasteiger partial charge >= 0.3 is 0 Å². The number of hydrogen-bond donors (Lipinski definition) is 1. The molecule has 2 rings (SSSR count). The second kappa shape index (κ2) is 6.63. The fourth-order valence-corrected chi connectivity index (χ4v) is 2.39. The van der Waals surface area contributed by atoms with Gasteiger partial charge in [-0.2, -0.15) is 0 Å². The topological polar surface area (TPSA) is 12.0 Å². The summed E-state index contributed by atoms with van der Waals surface area (Å²) < 4.78 is 0. The van der Waals surface area contributed by atoms with Crippen LogP contribution >= 0.6 is 11.6 Å². The van der Waals surface area contributed by atoms with E-state index in [2.05, 4.69) is 55.6 Å². The van der Waals surface area contributed by atoms with Gasteiger partial charge in [-0.1, -0.05) is 48.9 Å². The molecule has 1 N–H and O–H groups in total. The number of anilines is 1. The number of nitrogens with one attached hydrogen (secondary N) is 1. The third-order valence-corrected chi connectivity index (χ3v) is 3.51. The van der Waals surface area contributed by atoms with Crippen molar-refractivity contribution in [2.24, 2.45) is 0 Å². The molecule has 0 saturated carbocycles. The van der Waals surface area contributed by atoms with E-state index >= 15 is 0 Å². The largest absolute Gasteiger partial charge is 0.382 e. The number of hydrogen-bond acceptors (Lipinski definition) is 1. The molecule has 2 aromatic carbocycles. The Bertz CT molecular complexity index is 519. The van der Waals surface area contributed by atoms with Gasteiger partial charge in [0.15, 0.2) is 0 Å². The van der Waals surface area contributed by atoms with Crippen LogP contribution in [0.2, 0.25) is 5.02 Å². The first-order chi connectivity index (χ1) is 9.19. The summed E-state index contributed by atoms with van der Waals surface area (Å²) in [7, 11) is 0. The zero-order chi connectivity index (χ0) is 13.7. The standard InChI is InChI=1S/C17H20ClN/c1-3-15-6-4-5-7-17(15)19-13(2)12-14-8-10-16(18)11-9-14/h4-11,13,19H,3,12H2,1-2H3. The van der Waals surface area contributed by atoms with Crippen molar-refractivity contribution < 1.29 is 0 Å². The second-order valence-corrected chi connectivity index (χ2v) is 5.32. The minimum atomic E-state index is 0.397. The van der Waals surface area contributed by atoms with E-state index in [0.29, 0.717) is 6.04 Å². The first-order valence-electron chi connectivity index (χ1n) is 6.78. The fourth-order valence-electron chi connectivity index (χ4n) is 2.26. The van der Waals surface area contributed by atoms with E-state index in [1.807, 2.05) is 12.1 Å². The highest BCUT2D eigenvalue weighted by molar-refractivity contribution is 6.30. The molecule has 2 aromatic rings. The summed E-state index contributed by atoms with van der Waals surface area (Å²) in [5.74, 6) is 0. The molecule has 1 nitrogen and oxygen atoms in total. The molecule has 0 fully saturated rings.